The van der Waals surface area contributed by atoms with Gasteiger partial charge >= 0.3 is 0 Å². The molecule has 5 heteroatoms. The van der Waals surface area contributed by atoms with Crippen molar-refractivity contribution in [2.75, 3.05) is 19.5 Å². The van der Waals surface area contributed by atoms with Crippen LogP contribution in [0.3, 0.4) is 0 Å². The number of ether oxygens (including phenoxy) is 2. The SMILES string of the molecule is COc1ccc(/C=C/C(=O)Nc2ccccc2C#N)cc1OC. The van der Waals surface area contributed by atoms with Crippen LogP contribution in [0.2, 0.25) is 0 Å². The van der Waals surface area contributed by atoms with Crippen molar-refractivity contribution < 1.29 is 14.3 Å². The Morgan fingerprint density at radius 2 is 1.87 bits per heavy atom. The van der Waals surface area contributed by atoms with Gasteiger partial charge in [-0.2, -0.15) is 5.26 Å². The molecule has 2 aromatic carbocycles. The summed E-state index contributed by atoms with van der Waals surface area (Å²) in [7, 11) is 3.12. The van der Waals surface area contributed by atoms with Gasteiger partial charge in [-0.25, -0.2) is 0 Å². The van der Waals surface area contributed by atoms with E-state index in [1.54, 1.807) is 56.7 Å². The highest BCUT2D eigenvalue weighted by atomic mass is 16.5. The zero-order valence-corrected chi connectivity index (χ0v) is 12.9. The van der Waals surface area contributed by atoms with Crippen LogP contribution < -0.4 is 14.8 Å². The van der Waals surface area contributed by atoms with Gasteiger partial charge in [0.05, 0.1) is 25.5 Å². The number of rotatable bonds is 5. The van der Waals surface area contributed by atoms with Crippen molar-refractivity contribution in [3.05, 3.63) is 59.7 Å². The third-order valence-corrected chi connectivity index (χ3v) is 3.14. The molecule has 0 aliphatic carbocycles. The van der Waals surface area contributed by atoms with E-state index in [9.17, 15) is 4.79 Å². The Balaban J connectivity index is 2.11. The van der Waals surface area contributed by atoms with Gasteiger partial charge in [-0.1, -0.05) is 18.2 Å². The Hall–Kier alpha value is -3.26. The Labute approximate surface area is 134 Å². The zero-order chi connectivity index (χ0) is 16.7. The third-order valence-electron chi connectivity index (χ3n) is 3.14. The maximum Gasteiger partial charge on any atom is 0.248 e. The first-order valence-electron chi connectivity index (χ1n) is 6.88. The molecular formula is C18H16N2O3. The highest BCUT2D eigenvalue weighted by molar-refractivity contribution is 6.02. The number of hydrogen-bond acceptors (Lipinski definition) is 4. The van der Waals surface area contributed by atoms with E-state index in [2.05, 4.69) is 5.32 Å². The number of methoxy groups -OCH3 is 2. The number of carbonyl (C=O) groups is 1. The minimum Gasteiger partial charge on any atom is -0.493 e. The average molecular weight is 308 g/mol. The predicted molar refractivity (Wildman–Crippen MR) is 88.4 cm³/mol. The number of nitriles is 1. The Morgan fingerprint density at radius 3 is 2.57 bits per heavy atom. The van der Waals surface area contributed by atoms with Crippen molar-refractivity contribution in [3.63, 3.8) is 0 Å². The van der Waals surface area contributed by atoms with E-state index in [-0.39, 0.29) is 5.91 Å². The topological polar surface area (TPSA) is 71.3 Å². The van der Waals surface area contributed by atoms with Gasteiger partial charge in [0.15, 0.2) is 11.5 Å². The normalized spacial score (nSPS) is 10.1. The van der Waals surface area contributed by atoms with Crippen LogP contribution in [0.5, 0.6) is 11.5 Å². The van der Waals surface area contributed by atoms with E-state index in [1.165, 1.54) is 6.08 Å². The van der Waals surface area contributed by atoms with Crippen molar-refractivity contribution in [2.24, 2.45) is 0 Å². The molecule has 1 amide bonds. The molecule has 0 radical (unpaired) electrons. The van der Waals surface area contributed by atoms with Gasteiger partial charge in [-0.15, -0.1) is 0 Å². The quantitative estimate of drug-likeness (QED) is 0.861. The molecule has 23 heavy (non-hydrogen) atoms. The first-order chi connectivity index (χ1) is 11.2. The van der Waals surface area contributed by atoms with Gasteiger partial charge in [0, 0.05) is 6.08 Å². The summed E-state index contributed by atoms with van der Waals surface area (Å²) in [4.78, 5) is 12.0. The van der Waals surface area contributed by atoms with E-state index >= 15 is 0 Å². The van der Waals surface area contributed by atoms with Gasteiger partial charge in [0.25, 0.3) is 0 Å². The number of nitrogens with one attached hydrogen (secondary N) is 1. The molecule has 0 fully saturated rings. The van der Waals surface area contributed by atoms with Crippen molar-refractivity contribution >= 4 is 17.7 Å². The minimum absolute atomic E-state index is 0.317. The third kappa shape index (κ3) is 4.11. The molecule has 0 aliphatic rings. The molecule has 0 aliphatic heterocycles. The number of anilines is 1. The van der Waals surface area contributed by atoms with Gasteiger partial charge in [-0.3, -0.25) is 4.79 Å². The summed E-state index contributed by atoms with van der Waals surface area (Å²) in [5.41, 5.74) is 1.70. The first-order valence-corrected chi connectivity index (χ1v) is 6.88. The van der Waals surface area contributed by atoms with Crippen molar-refractivity contribution in [2.45, 2.75) is 0 Å². The van der Waals surface area contributed by atoms with Crippen LogP contribution in [-0.2, 0) is 4.79 Å². The lowest BCUT2D eigenvalue weighted by Gasteiger charge is -2.07. The van der Waals surface area contributed by atoms with Gasteiger partial charge < -0.3 is 14.8 Å². The largest absolute Gasteiger partial charge is 0.493 e. The highest BCUT2D eigenvalue weighted by Crippen LogP contribution is 2.28. The molecule has 0 aromatic heterocycles. The number of hydrogen-bond donors (Lipinski definition) is 1. The molecular weight excluding hydrogens is 292 g/mol. The lowest BCUT2D eigenvalue weighted by atomic mass is 10.1. The second-order valence-corrected chi connectivity index (χ2v) is 4.59. The van der Waals surface area contributed by atoms with Crippen LogP contribution in [0.4, 0.5) is 5.69 Å². The van der Waals surface area contributed by atoms with Crippen molar-refractivity contribution in [1.29, 1.82) is 5.26 Å². The lowest BCUT2D eigenvalue weighted by molar-refractivity contribution is -0.111. The number of carbonyl (C=O) groups excluding carboxylic acids is 1. The maximum absolute atomic E-state index is 12.0. The van der Waals surface area contributed by atoms with E-state index in [4.69, 9.17) is 14.7 Å². The average Bonchev–Trinajstić information content (AvgIpc) is 2.60. The fraction of sp³-hybridized carbons (Fsp3) is 0.111. The minimum atomic E-state index is -0.317. The molecule has 0 heterocycles. The lowest BCUT2D eigenvalue weighted by Crippen LogP contribution is -2.08. The number of amides is 1. The second-order valence-electron chi connectivity index (χ2n) is 4.59. The molecule has 0 atom stereocenters. The standard InChI is InChI=1S/C18H16N2O3/c1-22-16-9-7-13(11-17(16)23-2)8-10-18(21)20-15-6-4-3-5-14(15)12-19/h3-11H,1-2H3,(H,20,21)/b10-8+. The van der Waals surface area contributed by atoms with Crippen LogP contribution >= 0.6 is 0 Å². The molecule has 0 bridgehead atoms. The highest BCUT2D eigenvalue weighted by Gasteiger charge is 2.05. The Morgan fingerprint density at radius 1 is 1.13 bits per heavy atom. The smallest absolute Gasteiger partial charge is 0.248 e. The molecule has 0 saturated carbocycles. The molecule has 2 aromatic rings. The zero-order valence-electron chi connectivity index (χ0n) is 12.9. The van der Waals surface area contributed by atoms with Crippen LogP contribution in [0, 0.1) is 11.3 Å². The van der Waals surface area contributed by atoms with Crippen LogP contribution in [-0.4, -0.2) is 20.1 Å². The van der Waals surface area contributed by atoms with Gasteiger partial charge in [0.1, 0.15) is 6.07 Å². The van der Waals surface area contributed by atoms with Crippen LogP contribution in [0.15, 0.2) is 48.5 Å². The first kappa shape index (κ1) is 16.1. The van der Waals surface area contributed by atoms with Crippen LogP contribution in [0.25, 0.3) is 6.08 Å². The maximum atomic E-state index is 12.0. The number of nitrogens with zero attached hydrogens (tertiary/aromatic N) is 1. The van der Waals surface area contributed by atoms with Gasteiger partial charge in [-0.05, 0) is 35.9 Å². The summed E-state index contributed by atoms with van der Waals surface area (Å²) in [5.74, 6) is 0.893. The predicted octanol–water partition coefficient (Wildman–Crippen LogP) is 3.23. The van der Waals surface area contributed by atoms with E-state index in [0.717, 1.165) is 5.56 Å². The van der Waals surface area contributed by atoms with E-state index in [0.29, 0.717) is 22.7 Å². The number of para-hydroxylation sites is 1. The molecule has 0 saturated heterocycles. The Bertz CT molecular complexity index is 776. The monoisotopic (exact) mass is 308 g/mol. The molecule has 5 nitrogen and oxygen atoms in total. The van der Waals surface area contributed by atoms with E-state index < -0.39 is 0 Å². The van der Waals surface area contributed by atoms with Crippen molar-refractivity contribution in [3.8, 4) is 17.6 Å². The Kier molecular flexibility index (Phi) is 5.37. The summed E-state index contributed by atoms with van der Waals surface area (Å²) in [6.45, 7) is 0. The molecule has 0 unspecified atom stereocenters. The second kappa shape index (κ2) is 7.66. The van der Waals surface area contributed by atoms with Crippen molar-refractivity contribution in [1.82, 2.24) is 0 Å². The summed E-state index contributed by atoms with van der Waals surface area (Å²) in [5, 5.41) is 11.7. The summed E-state index contributed by atoms with van der Waals surface area (Å²) < 4.78 is 10.4. The van der Waals surface area contributed by atoms with E-state index in [1.807, 2.05) is 12.1 Å². The fourth-order valence-electron chi connectivity index (χ4n) is 1.99. The molecule has 0 spiro atoms. The van der Waals surface area contributed by atoms with Crippen LogP contribution in [0.1, 0.15) is 11.1 Å². The molecule has 2 rings (SSSR count). The summed E-state index contributed by atoms with van der Waals surface area (Å²) in [6.07, 6.45) is 3.06. The van der Waals surface area contributed by atoms with Gasteiger partial charge in [0.2, 0.25) is 5.91 Å². The fourth-order valence-corrected chi connectivity index (χ4v) is 1.99. The summed E-state index contributed by atoms with van der Waals surface area (Å²) >= 11 is 0. The number of benzene rings is 2. The summed E-state index contributed by atoms with van der Waals surface area (Å²) in [6, 6.07) is 14.2. The molecule has 1 N–H and O–H groups in total. The molecule has 116 valence electrons.